The quantitative estimate of drug-likeness (QED) is 0.754. The molecule has 0 unspecified atom stereocenters. The summed E-state index contributed by atoms with van der Waals surface area (Å²) in [7, 11) is 0. The van der Waals surface area contributed by atoms with Crippen LogP contribution in [-0.4, -0.2) is 27.6 Å². The van der Waals surface area contributed by atoms with Crippen molar-refractivity contribution in [3.8, 4) is 0 Å². The number of carboxylic acid groups (broad SMARTS) is 1. The minimum absolute atomic E-state index is 0.0147. The van der Waals surface area contributed by atoms with E-state index in [4.69, 9.17) is 9.84 Å². The van der Waals surface area contributed by atoms with Crippen molar-refractivity contribution in [1.82, 2.24) is 4.98 Å². The molecular weight excluding hydrogens is 210 g/mol. The molecule has 0 saturated heterocycles. The third-order valence-electron chi connectivity index (χ3n) is 1.97. The fraction of sp³-hybridized carbons (Fsp3) is 0.455. The monoisotopic (exact) mass is 225 g/mol. The van der Waals surface area contributed by atoms with Crippen molar-refractivity contribution in [2.24, 2.45) is 0 Å². The molecule has 0 bridgehead atoms. The standard InChI is InChI=1S/C11H15NO4/c1-6-7(5-12-8(6)9(13)14)10(15)16-11(2,3)4/h5,12H,1-4H3,(H,13,14). The maximum Gasteiger partial charge on any atom is 0.352 e. The van der Waals surface area contributed by atoms with E-state index in [-0.39, 0.29) is 11.3 Å². The van der Waals surface area contributed by atoms with Crippen LogP contribution in [0.3, 0.4) is 0 Å². The molecule has 0 atom stereocenters. The summed E-state index contributed by atoms with van der Waals surface area (Å²) in [6, 6.07) is 0. The molecule has 0 saturated carbocycles. The molecule has 5 heteroatoms. The van der Waals surface area contributed by atoms with Crippen LogP contribution < -0.4 is 0 Å². The number of ether oxygens (including phenoxy) is 1. The van der Waals surface area contributed by atoms with E-state index in [1.807, 2.05) is 0 Å². The fourth-order valence-electron chi connectivity index (χ4n) is 1.26. The van der Waals surface area contributed by atoms with E-state index in [9.17, 15) is 9.59 Å². The highest BCUT2D eigenvalue weighted by atomic mass is 16.6. The Balaban J connectivity index is 2.98. The number of hydrogen-bond acceptors (Lipinski definition) is 3. The second-order valence-electron chi connectivity index (χ2n) is 4.51. The lowest BCUT2D eigenvalue weighted by Gasteiger charge is -2.19. The Labute approximate surface area is 93.4 Å². The minimum Gasteiger partial charge on any atom is -0.477 e. The van der Waals surface area contributed by atoms with Crippen molar-refractivity contribution in [3.63, 3.8) is 0 Å². The molecule has 0 radical (unpaired) electrons. The van der Waals surface area contributed by atoms with Gasteiger partial charge >= 0.3 is 11.9 Å². The number of carbonyl (C=O) groups excluding carboxylic acids is 1. The predicted octanol–water partition coefficient (Wildman–Crippen LogP) is 1.98. The van der Waals surface area contributed by atoms with E-state index < -0.39 is 17.5 Å². The molecule has 1 aromatic rings. The van der Waals surface area contributed by atoms with Crippen LogP contribution in [0.2, 0.25) is 0 Å². The first-order chi connectivity index (χ1) is 7.22. The van der Waals surface area contributed by atoms with E-state index in [2.05, 4.69) is 4.98 Å². The van der Waals surface area contributed by atoms with Gasteiger partial charge in [0.15, 0.2) is 0 Å². The van der Waals surface area contributed by atoms with Crippen molar-refractivity contribution >= 4 is 11.9 Å². The summed E-state index contributed by atoms with van der Waals surface area (Å²) < 4.78 is 5.15. The molecule has 0 aliphatic carbocycles. The number of carbonyl (C=O) groups is 2. The number of rotatable bonds is 2. The Hall–Kier alpha value is -1.78. The van der Waals surface area contributed by atoms with Gasteiger partial charge in [0.2, 0.25) is 0 Å². The molecule has 0 aliphatic rings. The van der Waals surface area contributed by atoms with Crippen molar-refractivity contribution in [2.75, 3.05) is 0 Å². The normalized spacial score (nSPS) is 11.2. The summed E-state index contributed by atoms with van der Waals surface area (Å²) in [5.41, 5.74) is 0.0689. The van der Waals surface area contributed by atoms with E-state index in [0.29, 0.717) is 5.56 Å². The van der Waals surface area contributed by atoms with Crippen LogP contribution in [-0.2, 0) is 4.74 Å². The molecule has 1 rings (SSSR count). The highest BCUT2D eigenvalue weighted by molar-refractivity contribution is 5.96. The maximum absolute atomic E-state index is 11.7. The maximum atomic E-state index is 11.7. The van der Waals surface area contributed by atoms with Crippen molar-refractivity contribution in [3.05, 3.63) is 23.0 Å². The van der Waals surface area contributed by atoms with Crippen molar-refractivity contribution in [1.29, 1.82) is 0 Å². The minimum atomic E-state index is -1.09. The first-order valence-electron chi connectivity index (χ1n) is 4.87. The summed E-state index contributed by atoms with van der Waals surface area (Å²) in [4.78, 5) is 25.0. The van der Waals surface area contributed by atoms with Crippen molar-refractivity contribution in [2.45, 2.75) is 33.3 Å². The van der Waals surface area contributed by atoms with Gasteiger partial charge in [-0.05, 0) is 33.3 Å². The molecule has 88 valence electrons. The smallest absolute Gasteiger partial charge is 0.352 e. The molecule has 0 amide bonds. The number of aromatic amines is 1. The summed E-state index contributed by atoms with van der Waals surface area (Å²) >= 11 is 0. The molecule has 16 heavy (non-hydrogen) atoms. The fourth-order valence-corrected chi connectivity index (χ4v) is 1.26. The molecule has 0 fully saturated rings. The zero-order chi connectivity index (χ0) is 12.5. The van der Waals surface area contributed by atoms with Gasteiger partial charge in [0.1, 0.15) is 11.3 Å². The first-order valence-corrected chi connectivity index (χ1v) is 4.87. The summed E-state index contributed by atoms with van der Waals surface area (Å²) in [5.74, 6) is -1.61. The van der Waals surface area contributed by atoms with E-state index in [0.717, 1.165) is 0 Å². The lowest BCUT2D eigenvalue weighted by molar-refractivity contribution is 0.00690. The van der Waals surface area contributed by atoms with Crippen LogP contribution in [0.1, 0.15) is 47.2 Å². The van der Waals surface area contributed by atoms with Crippen LogP contribution in [0.5, 0.6) is 0 Å². The average Bonchev–Trinajstić information content (AvgIpc) is 2.43. The van der Waals surface area contributed by atoms with Gasteiger partial charge in [0.25, 0.3) is 0 Å². The number of hydrogen-bond donors (Lipinski definition) is 2. The number of aromatic carboxylic acids is 1. The van der Waals surface area contributed by atoms with Crippen LogP contribution in [0.15, 0.2) is 6.20 Å². The summed E-state index contributed by atoms with van der Waals surface area (Å²) in [5, 5.41) is 8.81. The lowest BCUT2D eigenvalue weighted by Crippen LogP contribution is -2.24. The molecule has 2 N–H and O–H groups in total. The summed E-state index contributed by atoms with van der Waals surface area (Å²) in [6.07, 6.45) is 1.35. The zero-order valence-corrected chi connectivity index (χ0v) is 9.75. The van der Waals surface area contributed by atoms with E-state index >= 15 is 0 Å². The van der Waals surface area contributed by atoms with E-state index in [1.54, 1.807) is 27.7 Å². The Morgan fingerprint density at radius 2 is 1.94 bits per heavy atom. The topological polar surface area (TPSA) is 79.4 Å². The Morgan fingerprint density at radius 3 is 2.31 bits per heavy atom. The summed E-state index contributed by atoms with van der Waals surface area (Å²) in [6.45, 7) is 6.83. The molecule has 5 nitrogen and oxygen atoms in total. The number of esters is 1. The molecule has 1 aromatic heterocycles. The Bertz CT molecular complexity index is 426. The molecule has 1 heterocycles. The Kier molecular flexibility index (Phi) is 3.07. The van der Waals surface area contributed by atoms with Gasteiger partial charge in [-0.2, -0.15) is 0 Å². The van der Waals surface area contributed by atoms with Gasteiger partial charge in [0, 0.05) is 6.20 Å². The second kappa shape index (κ2) is 4.00. The van der Waals surface area contributed by atoms with Crippen LogP contribution in [0, 0.1) is 6.92 Å². The SMILES string of the molecule is Cc1c(C(=O)OC(C)(C)C)c[nH]c1C(=O)O. The highest BCUT2D eigenvalue weighted by Crippen LogP contribution is 2.17. The number of aromatic nitrogens is 1. The van der Waals surface area contributed by atoms with Gasteiger partial charge in [0.05, 0.1) is 5.56 Å². The van der Waals surface area contributed by atoms with Gasteiger partial charge in [-0.1, -0.05) is 0 Å². The van der Waals surface area contributed by atoms with Gasteiger partial charge < -0.3 is 14.8 Å². The van der Waals surface area contributed by atoms with Crippen LogP contribution in [0.4, 0.5) is 0 Å². The Morgan fingerprint density at radius 1 is 1.38 bits per heavy atom. The van der Waals surface area contributed by atoms with Crippen LogP contribution >= 0.6 is 0 Å². The van der Waals surface area contributed by atoms with E-state index in [1.165, 1.54) is 6.20 Å². The number of carboxylic acids is 1. The molecule has 0 aliphatic heterocycles. The zero-order valence-electron chi connectivity index (χ0n) is 9.75. The third-order valence-corrected chi connectivity index (χ3v) is 1.97. The number of H-pyrrole nitrogens is 1. The largest absolute Gasteiger partial charge is 0.477 e. The first kappa shape index (κ1) is 12.3. The van der Waals surface area contributed by atoms with Gasteiger partial charge in [-0.3, -0.25) is 0 Å². The number of nitrogens with one attached hydrogen (secondary N) is 1. The van der Waals surface area contributed by atoms with Crippen molar-refractivity contribution < 1.29 is 19.4 Å². The second-order valence-corrected chi connectivity index (χ2v) is 4.51. The van der Waals surface area contributed by atoms with Crippen LogP contribution in [0.25, 0.3) is 0 Å². The highest BCUT2D eigenvalue weighted by Gasteiger charge is 2.23. The average molecular weight is 225 g/mol. The third kappa shape index (κ3) is 2.62. The molecule has 0 aromatic carbocycles. The lowest BCUT2D eigenvalue weighted by atomic mass is 10.1. The predicted molar refractivity (Wildman–Crippen MR) is 57.7 cm³/mol. The molecule has 0 spiro atoms. The molecular formula is C11H15NO4. The van der Waals surface area contributed by atoms with Gasteiger partial charge in [-0.25, -0.2) is 9.59 Å². The van der Waals surface area contributed by atoms with Gasteiger partial charge in [-0.15, -0.1) is 0 Å².